The molecule has 3 aliphatic rings. The van der Waals surface area contributed by atoms with Crippen molar-refractivity contribution >= 4 is 178 Å². The summed E-state index contributed by atoms with van der Waals surface area (Å²) < 4.78 is 192. The fourth-order valence-corrected chi connectivity index (χ4v) is 20.6. The molecule has 1 unspecified atom stereocenters. The topological polar surface area (TPSA) is 567 Å². The van der Waals surface area contributed by atoms with E-state index in [0.29, 0.717) is 52.0 Å². The second-order valence-electron chi connectivity index (χ2n) is 29.0. The molecule has 0 saturated heterocycles. The number of carboxylic acids is 1. The number of ether oxygens (including phenoxy) is 2. The van der Waals surface area contributed by atoms with Gasteiger partial charge in [0.15, 0.2) is 79.4 Å². The lowest BCUT2D eigenvalue weighted by Gasteiger charge is -2.22. The lowest BCUT2D eigenvalue weighted by molar-refractivity contribution is -0.143. The number of carboxylic acid groups (broad SMARTS) is 1. The molecule has 0 saturated carbocycles. The number of amidine groups is 3. The number of carbonyl (C=O) groups is 3. The molecule has 0 bridgehead atoms. The van der Waals surface area contributed by atoms with Crippen LogP contribution in [0.5, 0.6) is 17.2 Å². The first-order valence-electron chi connectivity index (χ1n) is 37.0. The van der Waals surface area contributed by atoms with Crippen LogP contribution in [-0.4, -0.2) is 194 Å². The van der Waals surface area contributed by atoms with Gasteiger partial charge in [0.25, 0.3) is 46.7 Å². The van der Waals surface area contributed by atoms with E-state index in [2.05, 4.69) is 49.2 Å². The second kappa shape index (κ2) is 41.0. The van der Waals surface area contributed by atoms with Crippen molar-refractivity contribution in [1.82, 2.24) is 29.3 Å². The normalized spacial score (nSPS) is 14.4. The molecule has 3 aromatic carbocycles. The van der Waals surface area contributed by atoms with Gasteiger partial charge in [-0.2, -0.15) is 40.5 Å². The Bertz CT molecular complexity index is 6710. The summed E-state index contributed by atoms with van der Waals surface area (Å²) in [6.07, 6.45) is 5.71. The van der Waals surface area contributed by atoms with Gasteiger partial charge in [0.1, 0.15) is 60.0 Å². The number of carbonyl (C=O) groups excluding carboxylic acids is 2. The van der Waals surface area contributed by atoms with Gasteiger partial charge in [-0.1, -0.05) is 71.9 Å². The summed E-state index contributed by atoms with van der Waals surface area (Å²) in [6.45, 7) is 16.1. The number of nitrogens with one attached hydrogen (secondary N) is 3. The largest absolute Gasteiger partial charge is 0.505 e. The van der Waals surface area contributed by atoms with E-state index < -0.39 is 149 Å². The number of halogens is 1. The number of anilines is 3. The fourth-order valence-electron chi connectivity index (χ4n) is 11.5. The fraction of sp³-hybridized carbons (Fsp3) is 0.360. The molecular formula is C75H87IN12O26S10. The number of rotatable bonds is 26. The van der Waals surface area contributed by atoms with Crippen molar-refractivity contribution in [3.05, 3.63) is 170 Å². The third kappa shape index (κ3) is 26.3. The number of hydrogen-bond donors (Lipinski definition) is 7. The molecule has 12 rings (SSSR count). The van der Waals surface area contributed by atoms with Gasteiger partial charge in [-0.15, -0.1) is 47.2 Å². The molecule has 7 N–H and O–H groups in total. The lowest BCUT2D eigenvalue weighted by Crippen LogP contribution is -2.34. The van der Waals surface area contributed by atoms with Crippen LogP contribution < -0.4 is 32.6 Å². The Hall–Kier alpha value is -10.00. The zero-order valence-electron chi connectivity index (χ0n) is 68.2. The maximum atomic E-state index is 13.4. The molecule has 0 fully saturated rings. The van der Waals surface area contributed by atoms with Gasteiger partial charge >= 0.3 is 17.9 Å². The van der Waals surface area contributed by atoms with E-state index in [1.807, 2.05) is 75.6 Å². The van der Waals surface area contributed by atoms with Gasteiger partial charge in [0, 0.05) is 48.2 Å². The Balaban J connectivity index is 0.000000210. The lowest BCUT2D eigenvalue weighted by atomic mass is 10.1. The number of fused-ring (bicyclic) bond motifs is 3. The number of aryl methyl sites for hydroxylation is 3. The van der Waals surface area contributed by atoms with Crippen LogP contribution in [0.4, 0.5) is 17.1 Å². The first-order chi connectivity index (χ1) is 57.6. The molecule has 124 heavy (non-hydrogen) atoms. The highest BCUT2D eigenvalue weighted by Gasteiger charge is 2.38. The molecule has 49 heteroatoms. The molecule has 670 valence electrons. The Morgan fingerprint density at radius 3 is 1.14 bits per heavy atom. The number of esters is 2. The molecule has 9 heterocycles. The van der Waals surface area contributed by atoms with E-state index in [4.69, 9.17) is 9.84 Å². The molecule has 0 radical (unpaired) electrons. The van der Waals surface area contributed by atoms with Crippen LogP contribution in [0.1, 0.15) is 108 Å². The van der Waals surface area contributed by atoms with E-state index in [1.165, 1.54) is 91.4 Å². The minimum atomic E-state index is -4.52. The molecule has 6 aromatic heterocycles. The van der Waals surface area contributed by atoms with E-state index >= 15 is 0 Å². The third-order valence-corrected chi connectivity index (χ3v) is 28.0. The maximum Gasteiger partial charge on any atom is 0.328 e. The van der Waals surface area contributed by atoms with Crippen molar-refractivity contribution < 1.29 is 103 Å². The highest BCUT2D eigenvalue weighted by atomic mass is 127. The van der Waals surface area contributed by atoms with Crippen LogP contribution in [0.3, 0.4) is 0 Å². The molecule has 3 aliphatic heterocycles. The molecule has 9 aromatic rings. The number of hydrogen-bond acceptors (Lipinski definition) is 34. The number of thiophene rings is 3. The quantitative estimate of drug-likeness (QED) is 0.0198. The highest BCUT2D eigenvalue weighted by Crippen LogP contribution is 2.41. The minimum absolute atomic E-state index is 0.0214. The van der Waals surface area contributed by atoms with E-state index in [-0.39, 0.29) is 122 Å². The van der Waals surface area contributed by atoms with Crippen LogP contribution in [0.2, 0.25) is 0 Å². The summed E-state index contributed by atoms with van der Waals surface area (Å²) in [5.74, 6) is -6.19. The van der Waals surface area contributed by atoms with Crippen LogP contribution in [0, 0.1) is 21.3 Å². The number of sulfonamides is 3. The SMILES string of the molecule is CC(C)CCn1nc(-c2cccs2)c(O)c(C2=NS(=O)(=O)c3cc(CS(C)(=O)=O)ccc3N2)c1=O.CC(C)CCn1nc(-c2cccs2)c(O)c(C2=NS(=O)(=O)c3cc(I)ccc3N2)c1=O.CCOC(=O)C(c1ccc2c(c1)S(=O)(=O)N=C(c1c(O)c(-c3cccs3)nn(CCC(C)C)c1=O)N2)S(C)(=O)=O.CCOC(=O)CS(C)(=O)=O.CS(=O)(=O)CC(=O)O. The van der Waals surface area contributed by atoms with E-state index in [9.17, 15) is 103 Å². The number of aromatic hydroxyl groups is 3. The number of aliphatic carboxylic acids is 1. The van der Waals surface area contributed by atoms with Crippen LogP contribution in [0.15, 0.2) is 149 Å². The van der Waals surface area contributed by atoms with Gasteiger partial charge in [0.05, 0.1) is 50.7 Å². The maximum absolute atomic E-state index is 13.4. The Labute approximate surface area is 739 Å². The van der Waals surface area contributed by atoms with Crippen molar-refractivity contribution in [3.63, 3.8) is 0 Å². The van der Waals surface area contributed by atoms with Crippen molar-refractivity contribution in [2.75, 3.05) is 65.7 Å². The number of sulfone groups is 4. The molecule has 0 spiro atoms. The van der Waals surface area contributed by atoms with Crippen molar-refractivity contribution in [1.29, 1.82) is 0 Å². The van der Waals surface area contributed by atoms with E-state index in [1.54, 1.807) is 60.1 Å². The highest BCUT2D eigenvalue weighted by molar-refractivity contribution is 14.1. The Morgan fingerprint density at radius 1 is 0.484 bits per heavy atom. The predicted octanol–water partition coefficient (Wildman–Crippen LogP) is 8.36. The van der Waals surface area contributed by atoms with Gasteiger partial charge < -0.3 is 45.9 Å². The average molecular weight is 2020 g/mol. The number of benzene rings is 3. The summed E-state index contributed by atoms with van der Waals surface area (Å²) in [6, 6.07) is 23.1. The Kier molecular flexibility index (Phi) is 32.9. The first kappa shape index (κ1) is 99.4. The van der Waals surface area contributed by atoms with E-state index in [0.717, 1.165) is 34.7 Å². The van der Waals surface area contributed by atoms with Gasteiger partial charge in [0.2, 0.25) is 0 Å². The summed E-state index contributed by atoms with van der Waals surface area (Å²) in [5, 5.41) is 66.2. The predicted molar refractivity (Wildman–Crippen MR) is 479 cm³/mol. The number of nitrogens with zero attached hydrogens (tertiary/aromatic N) is 9. The molecular weight excluding hydrogens is 1930 g/mol. The molecule has 0 aliphatic carbocycles. The number of aromatic nitrogens is 6. The monoisotopic (exact) mass is 2020 g/mol. The van der Waals surface area contributed by atoms with Gasteiger partial charge in [-0.3, -0.25) is 28.8 Å². The smallest absolute Gasteiger partial charge is 0.328 e. The van der Waals surface area contributed by atoms with Crippen molar-refractivity contribution in [2.24, 2.45) is 30.9 Å². The summed E-state index contributed by atoms with van der Waals surface area (Å²) in [4.78, 5) is 73.7. The minimum Gasteiger partial charge on any atom is -0.505 e. The standard InChI is InChI=1S/C25H28N4O8S3.C22H24N4O6S3.C20H19IN4O4S2.C5H10O4S.C3H6O4S/c1-5-37-25(32)22(39(4,33)34)15-8-9-16-18(13-15)40(35,36)28-23(26-16)19-21(30)20(17-7-6-12-38-17)27-29(24(19)31)11-10-14(2)3;1-13(2)8-9-26-22(28)18(20(27)19(24-26)16-5-4-10-33-16)21-23-15-7-6-14(12-34(3,29)30)11-17(15)35(31,32)25-21;1-11(2)7-8-25-20(27)16(18(26)17(23-25)14-4-3-9-30-14)19-22-13-6-5-12(21)10-15(13)31(28,29)24-19;1-3-9-5(6)4-10(2,7)8;1-8(6,7)2-3(4)5/h6-9,12-14,22,30H,5,10-11H2,1-4H3,(H,26,28);4-7,10-11,13,27H,8-9,12H2,1-3H3,(H,23,25);3-6,9-11,26H,7-8H2,1-2H3,(H,22,24);3-4H2,1-2H3;2H2,1H3,(H,4,5). The summed E-state index contributed by atoms with van der Waals surface area (Å²) >= 11 is 5.97. The molecule has 38 nitrogen and oxygen atoms in total. The first-order valence-corrected chi connectivity index (χ1v) is 53.1. The van der Waals surface area contributed by atoms with Crippen molar-refractivity contribution in [3.8, 4) is 49.0 Å². The summed E-state index contributed by atoms with van der Waals surface area (Å²) in [5.41, 5.74) is -1.88. The Morgan fingerprint density at radius 2 is 0.831 bits per heavy atom. The van der Waals surface area contributed by atoms with Crippen LogP contribution >= 0.6 is 56.6 Å². The van der Waals surface area contributed by atoms with Crippen molar-refractivity contribution in [2.45, 2.75) is 120 Å². The van der Waals surface area contributed by atoms with Gasteiger partial charge in [-0.05, 0) is 161 Å². The van der Waals surface area contributed by atoms with Crippen LogP contribution in [0.25, 0.3) is 31.7 Å². The average Bonchev–Trinajstić information content (AvgIpc) is 0.946. The molecule has 1 atom stereocenters. The van der Waals surface area contributed by atoms with Crippen LogP contribution in [-0.2, 0) is 119 Å². The zero-order valence-corrected chi connectivity index (χ0v) is 78.6. The van der Waals surface area contributed by atoms with Gasteiger partial charge in [-0.25, -0.2) is 47.7 Å². The summed E-state index contributed by atoms with van der Waals surface area (Å²) in [7, 11) is -26.8. The second-order valence-corrected chi connectivity index (χ2v) is 46.4. The third-order valence-electron chi connectivity index (χ3n) is 17.1. The molecule has 0 amide bonds. The zero-order chi connectivity index (χ0) is 92.3.